The van der Waals surface area contributed by atoms with Crippen molar-refractivity contribution in [3.05, 3.63) is 34.4 Å². The topological polar surface area (TPSA) is 12.0 Å². The number of rotatable bonds is 3. The van der Waals surface area contributed by atoms with E-state index in [1.165, 1.54) is 54.4 Å². The zero-order chi connectivity index (χ0) is 14.0. The molecule has 1 N–H and O–H groups in total. The van der Waals surface area contributed by atoms with E-state index in [0.717, 1.165) is 0 Å². The van der Waals surface area contributed by atoms with Crippen LogP contribution in [-0.2, 0) is 0 Å². The Morgan fingerprint density at radius 1 is 0.947 bits per heavy atom. The van der Waals surface area contributed by atoms with Crippen LogP contribution in [0.3, 0.4) is 0 Å². The van der Waals surface area contributed by atoms with E-state index in [-0.39, 0.29) is 0 Å². The number of aryl methyl sites for hydroxylation is 3. The van der Waals surface area contributed by atoms with Gasteiger partial charge in [-0.2, -0.15) is 0 Å². The SMILES string of the molecule is CNC(c1cc(C)c(C)cc1C)C1(C)CCCCC1. The Hall–Kier alpha value is -0.820. The van der Waals surface area contributed by atoms with Gasteiger partial charge < -0.3 is 5.32 Å². The monoisotopic (exact) mass is 259 g/mol. The molecule has 0 heterocycles. The summed E-state index contributed by atoms with van der Waals surface area (Å²) in [6, 6.07) is 5.25. The Bertz CT molecular complexity index is 441. The molecule has 1 saturated carbocycles. The first kappa shape index (κ1) is 14.6. The van der Waals surface area contributed by atoms with Crippen LogP contribution in [0.2, 0.25) is 0 Å². The van der Waals surface area contributed by atoms with Gasteiger partial charge >= 0.3 is 0 Å². The van der Waals surface area contributed by atoms with Gasteiger partial charge in [0, 0.05) is 6.04 Å². The lowest BCUT2D eigenvalue weighted by molar-refractivity contribution is 0.150. The van der Waals surface area contributed by atoms with E-state index in [9.17, 15) is 0 Å². The molecule has 0 aromatic heterocycles. The quantitative estimate of drug-likeness (QED) is 0.818. The van der Waals surface area contributed by atoms with Gasteiger partial charge in [-0.05, 0) is 68.3 Å². The van der Waals surface area contributed by atoms with E-state index in [4.69, 9.17) is 0 Å². The second-order valence-corrected chi connectivity index (χ2v) is 6.73. The molecule has 1 aliphatic carbocycles. The smallest absolute Gasteiger partial charge is 0.0374 e. The van der Waals surface area contributed by atoms with Gasteiger partial charge in [-0.1, -0.05) is 38.3 Å². The summed E-state index contributed by atoms with van der Waals surface area (Å²) in [4.78, 5) is 0. The molecule has 0 radical (unpaired) electrons. The number of benzene rings is 1. The molecule has 106 valence electrons. The van der Waals surface area contributed by atoms with Crippen LogP contribution in [0.15, 0.2) is 12.1 Å². The van der Waals surface area contributed by atoms with Crippen LogP contribution >= 0.6 is 0 Å². The summed E-state index contributed by atoms with van der Waals surface area (Å²) in [5.41, 5.74) is 6.19. The molecule has 1 aromatic rings. The van der Waals surface area contributed by atoms with Crippen molar-refractivity contribution in [2.45, 2.75) is 65.8 Å². The van der Waals surface area contributed by atoms with Crippen molar-refractivity contribution in [3.8, 4) is 0 Å². The highest BCUT2D eigenvalue weighted by Crippen LogP contribution is 2.46. The number of hydrogen-bond acceptors (Lipinski definition) is 1. The minimum absolute atomic E-state index is 0.416. The first-order chi connectivity index (χ1) is 8.98. The molecule has 0 amide bonds. The normalized spacial score (nSPS) is 20.3. The molecule has 1 heteroatoms. The summed E-state index contributed by atoms with van der Waals surface area (Å²) in [6.45, 7) is 9.18. The third-order valence-corrected chi connectivity index (χ3v) is 5.17. The van der Waals surface area contributed by atoms with E-state index in [2.05, 4.69) is 52.2 Å². The summed E-state index contributed by atoms with van der Waals surface area (Å²) < 4.78 is 0. The zero-order valence-corrected chi connectivity index (χ0v) is 13.3. The maximum absolute atomic E-state index is 3.62. The largest absolute Gasteiger partial charge is 0.313 e. The Morgan fingerprint density at radius 3 is 2.11 bits per heavy atom. The summed E-state index contributed by atoms with van der Waals surface area (Å²) in [7, 11) is 2.12. The van der Waals surface area contributed by atoms with Crippen LogP contribution in [0, 0.1) is 26.2 Å². The lowest BCUT2D eigenvalue weighted by Crippen LogP contribution is -2.36. The molecule has 1 fully saturated rings. The molecule has 0 saturated heterocycles. The van der Waals surface area contributed by atoms with E-state index in [1.54, 1.807) is 0 Å². The molecule has 1 nitrogen and oxygen atoms in total. The van der Waals surface area contributed by atoms with Crippen molar-refractivity contribution in [2.24, 2.45) is 5.41 Å². The lowest BCUT2D eigenvalue weighted by atomic mass is 9.68. The number of hydrogen-bond donors (Lipinski definition) is 1. The van der Waals surface area contributed by atoms with E-state index in [0.29, 0.717) is 11.5 Å². The molecule has 0 aliphatic heterocycles. The Kier molecular flexibility index (Phi) is 4.35. The highest BCUT2D eigenvalue weighted by atomic mass is 14.9. The minimum atomic E-state index is 0.416. The van der Waals surface area contributed by atoms with Crippen molar-refractivity contribution in [1.82, 2.24) is 5.32 Å². The van der Waals surface area contributed by atoms with E-state index < -0.39 is 0 Å². The lowest BCUT2D eigenvalue weighted by Gasteiger charge is -2.41. The Labute approximate surface area is 118 Å². The van der Waals surface area contributed by atoms with Crippen molar-refractivity contribution in [3.63, 3.8) is 0 Å². The molecule has 2 rings (SSSR count). The Morgan fingerprint density at radius 2 is 1.53 bits per heavy atom. The van der Waals surface area contributed by atoms with E-state index in [1.807, 2.05) is 0 Å². The van der Waals surface area contributed by atoms with Crippen LogP contribution in [0.25, 0.3) is 0 Å². The minimum Gasteiger partial charge on any atom is -0.313 e. The summed E-state index contributed by atoms with van der Waals surface area (Å²) in [5, 5.41) is 3.62. The molecule has 1 aromatic carbocycles. The maximum Gasteiger partial charge on any atom is 0.0374 e. The molecule has 1 aliphatic rings. The average Bonchev–Trinajstić information content (AvgIpc) is 2.37. The Balaban J connectivity index is 2.39. The van der Waals surface area contributed by atoms with Crippen molar-refractivity contribution in [1.29, 1.82) is 0 Å². The van der Waals surface area contributed by atoms with Gasteiger partial charge in [-0.3, -0.25) is 0 Å². The van der Waals surface area contributed by atoms with E-state index >= 15 is 0 Å². The average molecular weight is 259 g/mol. The highest BCUT2D eigenvalue weighted by molar-refractivity contribution is 5.39. The summed E-state index contributed by atoms with van der Waals surface area (Å²) in [6.07, 6.45) is 6.89. The standard InChI is InChI=1S/C18H29N/c1-13-11-15(3)16(12-14(13)2)17(19-5)18(4)9-7-6-8-10-18/h11-12,17,19H,6-10H2,1-5H3. The van der Waals surface area contributed by atoms with Gasteiger partial charge in [0.15, 0.2) is 0 Å². The first-order valence-electron chi connectivity index (χ1n) is 7.73. The second-order valence-electron chi connectivity index (χ2n) is 6.73. The van der Waals surface area contributed by atoms with Crippen molar-refractivity contribution >= 4 is 0 Å². The zero-order valence-electron chi connectivity index (χ0n) is 13.3. The van der Waals surface area contributed by atoms with Crippen LogP contribution in [0.5, 0.6) is 0 Å². The predicted octanol–water partition coefficient (Wildman–Crippen LogP) is 4.84. The molecular formula is C18H29N. The van der Waals surface area contributed by atoms with Crippen molar-refractivity contribution in [2.75, 3.05) is 7.05 Å². The van der Waals surface area contributed by atoms with Gasteiger partial charge in [0.2, 0.25) is 0 Å². The van der Waals surface area contributed by atoms with Gasteiger partial charge in [0.25, 0.3) is 0 Å². The number of nitrogens with one attached hydrogen (secondary N) is 1. The van der Waals surface area contributed by atoms with Crippen LogP contribution in [0.4, 0.5) is 0 Å². The first-order valence-corrected chi connectivity index (χ1v) is 7.73. The summed E-state index contributed by atoms with van der Waals surface area (Å²) in [5.74, 6) is 0. The molecule has 0 spiro atoms. The molecule has 1 atom stereocenters. The third kappa shape index (κ3) is 2.86. The van der Waals surface area contributed by atoms with Crippen LogP contribution in [-0.4, -0.2) is 7.05 Å². The molecule has 19 heavy (non-hydrogen) atoms. The second kappa shape index (κ2) is 5.66. The maximum atomic E-state index is 3.62. The van der Waals surface area contributed by atoms with Gasteiger partial charge in [-0.25, -0.2) is 0 Å². The van der Waals surface area contributed by atoms with Crippen LogP contribution in [0.1, 0.15) is 67.3 Å². The van der Waals surface area contributed by atoms with Gasteiger partial charge in [-0.15, -0.1) is 0 Å². The van der Waals surface area contributed by atoms with Crippen LogP contribution < -0.4 is 5.32 Å². The van der Waals surface area contributed by atoms with Crippen molar-refractivity contribution < 1.29 is 0 Å². The summed E-state index contributed by atoms with van der Waals surface area (Å²) >= 11 is 0. The fourth-order valence-corrected chi connectivity index (χ4v) is 3.82. The molecular weight excluding hydrogens is 230 g/mol. The van der Waals surface area contributed by atoms with Gasteiger partial charge in [0.1, 0.15) is 0 Å². The van der Waals surface area contributed by atoms with Gasteiger partial charge in [0.05, 0.1) is 0 Å². The third-order valence-electron chi connectivity index (χ3n) is 5.17. The molecule has 1 unspecified atom stereocenters. The predicted molar refractivity (Wildman–Crippen MR) is 83.6 cm³/mol. The molecule has 0 bridgehead atoms. The highest BCUT2D eigenvalue weighted by Gasteiger charge is 2.36. The fraction of sp³-hybridized carbons (Fsp3) is 0.667. The fourth-order valence-electron chi connectivity index (χ4n) is 3.82.